The molecule has 0 aromatic heterocycles. The van der Waals surface area contributed by atoms with E-state index in [1.807, 2.05) is 52.0 Å². The van der Waals surface area contributed by atoms with E-state index < -0.39 is 11.8 Å². The normalized spacial score (nSPS) is 10.1. The number of hydrogen-bond donors (Lipinski definition) is 4. The minimum atomic E-state index is -0.891. The van der Waals surface area contributed by atoms with Gasteiger partial charge in [0.05, 0.1) is 6.42 Å². The summed E-state index contributed by atoms with van der Waals surface area (Å²) in [7, 11) is 0. The van der Waals surface area contributed by atoms with Crippen LogP contribution in [0.15, 0.2) is 48.7 Å². The molecule has 0 aliphatic carbocycles. The number of amides is 3. The third-order valence-electron chi connectivity index (χ3n) is 4.18. The van der Waals surface area contributed by atoms with Crippen molar-refractivity contribution >= 4 is 29.1 Å². The van der Waals surface area contributed by atoms with E-state index in [2.05, 4.69) is 28.1 Å². The Hall–Kier alpha value is -3.61. The first kappa shape index (κ1) is 21.7. The standard InChI is InChI=1S/C22H26N4O3/c1-13-6-8-18(9-7-13)23-21(28)22(29)26-25-17(5)12-19(27)24-20-15(3)10-14(2)11-16(20)4/h6-11,25H,5,12H2,1-4H3,(H,23,28)(H,24,27)(H,26,29). The van der Waals surface area contributed by atoms with Crippen molar-refractivity contribution in [2.75, 3.05) is 10.6 Å². The lowest BCUT2D eigenvalue weighted by atomic mass is 10.0. The van der Waals surface area contributed by atoms with Gasteiger partial charge in [-0.1, -0.05) is 42.0 Å². The molecule has 0 spiro atoms. The van der Waals surface area contributed by atoms with Gasteiger partial charge in [-0.2, -0.15) is 0 Å². The van der Waals surface area contributed by atoms with Crippen LogP contribution in [0.2, 0.25) is 0 Å². The van der Waals surface area contributed by atoms with E-state index in [0.717, 1.165) is 27.9 Å². The molecule has 0 fully saturated rings. The fraction of sp³-hybridized carbons (Fsp3) is 0.227. The predicted octanol–water partition coefficient (Wildman–Crippen LogP) is 3.02. The van der Waals surface area contributed by atoms with Gasteiger partial charge in [0.25, 0.3) is 0 Å². The highest BCUT2D eigenvalue weighted by molar-refractivity contribution is 6.39. The highest BCUT2D eigenvalue weighted by atomic mass is 16.2. The number of anilines is 2. The minimum Gasteiger partial charge on any atom is -0.325 e. The van der Waals surface area contributed by atoms with Crippen molar-refractivity contribution in [3.8, 4) is 0 Å². The third kappa shape index (κ3) is 6.49. The van der Waals surface area contributed by atoms with E-state index >= 15 is 0 Å². The third-order valence-corrected chi connectivity index (χ3v) is 4.18. The van der Waals surface area contributed by atoms with E-state index in [9.17, 15) is 14.4 Å². The number of nitrogens with one attached hydrogen (secondary N) is 4. The molecule has 2 aromatic rings. The number of carbonyl (C=O) groups is 3. The first-order valence-corrected chi connectivity index (χ1v) is 9.15. The Kier molecular flexibility index (Phi) is 7.14. The van der Waals surface area contributed by atoms with Gasteiger partial charge in [-0.05, 0) is 51.0 Å². The SMILES string of the molecule is C=C(CC(=O)Nc1c(C)cc(C)cc1C)NNC(=O)C(=O)Nc1ccc(C)cc1. The molecular formula is C22H26N4O3. The van der Waals surface area contributed by atoms with Gasteiger partial charge in [0.2, 0.25) is 5.91 Å². The molecule has 3 amide bonds. The molecule has 0 bridgehead atoms. The average Bonchev–Trinajstić information content (AvgIpc) is 2.64. The number of benzene rings is 2. The van der Waals surface area contributed by atoms with Crippen LogP contribution in [-0.4, -0.2) is 17.7 Å². The van der Waals surface area contributed by atoms with Crippen LogP contribution < -0.4 is 21.5 Å². The number of hydrazine groups is 1. The van der Waals surface area contributed by atoms with Gasteiger partial charge in [0.1, 0.15) is 0 Å². The van der Waals surface area contributed by atoms with Crippen molar-refractivity contribution in [1.82, 2.24) is 10.9 Å². The zero-order chi connectivity index (χ0) is 21.6. The summed E-state index contributed by atoms with van der Waals surface area (Å²) in [6.45, 7) is 11.5. The quantitative estimate of drug-likeness (QED) is 0.447. The Morgan fingerprint density at radius 1 is 0.793 bits per heavy atom. The number of rotatable bonds is 6. The van der Waals surface area contributed by atoms with Crippen LogP contribution in [0.5, 0.6) is 0 Å². The molecule has 2 aromatic carbocycles. The zero-order valence-electron chi connectivity index (χ0n) is 17.1. The second-order valence-corrected chi connectivity index (χ2v) is 7.00. The van der Waals surface area contributed by atoms with Gasteiger partial charge in [-0.15, -0.1) is 0 Å². The second-order valence-electron chi connectivity index (χ2n) is 7.00. The van der Waals surface area contributed by atoms with Crippen LogP contribution in [0.1, 0.15) is 28.7 Å². The van der Waals surface area contributed by atoms with Crippen LogP contribution in [0, 0.1) is 27.7 Å². The highest BCUT2D eigenvalue weighted by Crippen LogP contribution is 2.22. The van der Waals surface area contributed by atoms with Crippen molar-refractivity contribution in [2.24, 2.45) is 0 Å². The smallest absolute Gasteiger partial charge is 0.325 e. The molecule has 0 atom stereocenters. The van der Waals surface area contributed by atoms with E-state index in [0.29, 0.717) is 5.69 Å². The summed E-state index contributed by atoms with van der Waals surface area (Å²) in [5, 5.41) is 5.34. The largest absolute Gasteiger partial charge is 0.327 e. The average molecular weight is 394 g/mol. The van der Waals surface area contributed by atoms with Crippen LogP contribution in [0.3, 0.4) is 0 Å². The van der Waals surface area contributed by atoms with Crippen molar-refractivity contribution in [3.05, 3.63) is 70.9 Å². The molecule has 0 radical (unpaired) electrons. The Balaban J connectivity index is 1.81. The molecule has 7 heteroatoms. The van der Waals surface area contributed by atoms with E-state index in [1.165, 1.54) is 0 Å². The summed E-state index contributed by atoms with van der Waals surface area (Å²) >= 11 is 0. The predicted molar refractivity (Wildman–Crippen MR) is 114 cm³/mol. The fourth-order valence-corrected chi connectivity index (χ4v) is 2.83. The molecule has 0 aliphatic rings. The highest BCUT2D eigenvalue weighted by Gasteiger charge is 2.15. The van der Waals surface area contributed by atoms with Gasteiger partial charge in [0.15, 0.2) is 0 Å². The fourth-order valence-electron chi connectivity index (χ4n) is 2.83. The summed E-state index contributed by atoms with van der Waals surface area (Å²) in [6, 6.07) is 11.0. The maximum atomic E-state index is 12.3. The van der Waals surface area contributed by atoms with Gasteiger partial charge in [-0.3, -0.25) is 19.8 Å². The lowest BCUT2D eigenvalue weighted by Gasteiger charge is -2.14. The summed E-state index contributed by atoms with van der Waals surface area (Å²) in [4.78, 5) is 36.0. The van der Waals surface area contributed by atoms with Gasteiger partial charge < -0.3 is 16.1 Å². The molecule has 0 saturated heterocycles. The molecule has 7 nitrogen and oxygen atoms in total. The Bertz CT molecular complexity index is 926. The van der Waals surface area contributed by atoms with Crippen LogP contribution >= 0.6 is 0 Å². The Labute approximate surface area is 170 Å². The minimum absolute atomic E-state index is 0.0629. The van der Waals surface area contributed by atoms with Crippen molar-refractivity contribution in [1.29, 1.82) is 0 Å². The summed E-state index contributed by atoms with van der Waals surface area (Å²) < 4.78 is 0. The number of hydrogen-bond acceptors (Lipinski definition) is 4. The monoisotopic (exact) mass is 394 g/mol. The second kappa shape index (κ2) is 9.54. The lowest BCUT2D eigenvalue weighted by Crippen LogP contribution is -2.43. The Morgan fingerprint density at radius 2 is 1.38 bits per heavy atom. The van der Waals surface area contributed by atoms with E-state index in [4.69, 9.17) is 0 Å². The molecule has 2 rings (SSSR count). The van der Waals surface area contributed by atoms with Crippen LogP contribution in [0.25, 0.3) is 0 Å². The van der Waals surface area contributed by atoms with Crippen LogP contribution in [0.4, 0.5) is 11.4 Å². The first-order chi connectivity index (χ1) is 13.7. The summed E-state index contributed by atoms with van der Waals surface area (Å²) in [5.41, 5.74) is 10.4. The molecule has 4 N–H and O–H groups in total. The molecule has 0 heterocycles. The molecule has 0 saturated carbocycles. The van der Waals surface area contributed by atoms with Gasteiger partial charge >= 0.3 is 11.8 Å². The van der Waals surface area contributed by atoms with E-state index in [-0.39, 0.29) is 18.0 Å². The topological polar surface area (TPSA) is 99.3 Å². The molecular weight excluding hydrogens is 368 g/mol. The first-order valence-electron chi connectivity index (χ1n) is 9.15. The maximum Gasteiger partial charge on any atom is 0.327 e. The summed E-state index contributed by atoms with van der Waals surface area (Å²) in [6.07, 6.45) is -0.0629. The van der Waals surface area contributed by atoms with Crippen molar-refractivity contribution < 1.29 is 14.4 Å². The van der Waals surface area contributed by atoms with Gasteiger partial charge in [0, 0.05) is 17.1 Å². The lowest BCUT2D eigenvalue weighted by molar-refractivity contribution is -0.136. The Morgan fingerprint density at radius 3 is 1.97 bits per heavy atom. The van der Waals surface area contributed by atoms with E-state index in [1.54, 1.807) is 12.1 Å². The number of carbonyl (C=O) groups excluding carboxylic acids is 3. The van der Waals surface area contributed by atoms with Gasteiger partial charge in [-0.25, -0.2) is 0 Å². The summed E-state index contributed by atoms with van der Waals surface area (Å²) in [5.74, 6) is -2.00. The molecule has 29 heavy (non-hydrogen) atoms. The molecule has 0 unspecified atom stereocenters. The zero-order valence-corrected chi connectivity index (χ0v) is 17.1. The maximum absolute atomic E-state index is 12.3. The van der Waals surface area contributed by atoms with Crippen molar-refractivity contribution in [3.63, 3.8) is 0 Å². The molecule has 0 aliphatic heterocycles. The van der Waals surface area contributed by atoms with Crippen LogP contribution in [-0.2, 0) is 14.4 Å². The number of aryl methyl sites for hydroxylation is 4. The molecule has 152 valence electrons. The van der Waals surface area contributed by atoms with Crippen molar-refractivity contribution in [2.45, 2.75) is 34.1 Å².